The molecule has 1 heteroatoms. The average molecular weight is 147 g/mol. The first-order valence-corrected chi connectivity index (χ1v) is 3.75. The molecule has 58 valence electrons. The summed E-state index contributed by atoms with van der Waals surface area (Å²) in [6.07, 6.45) is 6.12. The van der Waals surface area contributed by atoms with Gasteiger partial charge in [0.15, 0.2) is 0 Å². The molecule has 1 rings (SSSR count). The van der Waals surface area contributed by atoms with Crippen molar-refractivity contribution in [2.24, 2.45) is 5.73 Å². The number of nitrogens with two attached hydrogens (primary N) is 1. The van der Waals surface area contributed by atoms with E-state index in [1.165, 1.54) is 11.1 Å². The van der Waals surface area contributed by atoms with Gasteiger partial charge in [-0.3, -0.25) is 0 Å². The van der Waals surface area contributed by atoms with Gasteiger partial charge in [0.25, 0.3) is 0 Å². The molecule has 0 saturated heterocycles. The summed E-state index contributed by atoms with van der Waals surface area (Å²) in [5.74, 6) is 0. The summed E-state index contributed by atoms with van der Waals surface area (Å²) >= 11 is 0. The lowest BCUT2D eigenvalue weighted by molar-refractivity contribution is 1.15. The van der Waals surface area contributed by atoms with Crippen molar-refractivity contribution in [1.82, 2.24) is 0 Å². The summed E-state index contributed by atoms with van der Waals surface area (Å²) in [7, 11) is 0. The van der Waals surface area contributed by atoms with Crippen LogP contribution >= 0.6 is 0 Å². The largest absolute Gasteiger partial charge is 0.326 e. The second-order valence-corrected chi connectivity index (χ2v) is 2.73. The van der Waals surface area contributed by atoms with Crippen molar-refractivity contribution >= 4 is 0 Å². The molecule has 0 aromatic carbocycles. The highest BCUT2D eigenvalue weighted by atomic mass is 14.5. The van der Waals surface area contributed by atoms with Gasteiger partial charge in [-0.1, -0.05) is 12.2 Å². The summed E-state index contributed by atoms with van der Waals surface area (Å²) < 4.78 is 0. The summed E-state index contributed by atoms with van der Waals surface area (Å²) in [6, 6.07) is 0. The number of rotatable bonds is 1. The molecule has 0 aromatic heterocycles. The van der Waals surface area contributed by atoms with E-state index in [2.05, 4.69) is 31.7 Å². The number of hydrogen-bond acceptors (Lipinski definition) is 1. The van der Waals surface area contributed by atoms with E-state index in [4.69, 9.17) is 5.73 Å². The Kier molecular flexibility index (Phi) is 2.48. The molecule has 11 heavy (non-hydrogen) atoms. The van der Waals surface area contributed by atoms with Crippen LogP contribution in [-0.4, -0.2) is 6.54 Å². The van der Waals surface area contributed by atoms with Crippen LogP contribution in [0.25, 0.3) is 0 Å². The van der Waals surface area contributed by atoms with Crippen LogP contribution in [-0.2, 0) is 0 Å². The maximum absolute atomic E-state index is 5.53. The molecular formula is C10H13N. The van der Waals surface area contributed by atoms with E-state index in [9.17, 15) is 0 Å². The third-order valence-electron chi connectivity index (χ3n) is 1.75. The van der Waals surface area contributed by atoms with E-state index in [0.29, 0.717) is 6.54 Å². The first-order chi connectivity index (χ1) is 5.24. The fourth-order valence-electron chi connectivity index (χ4n) is 0.940. The van der Waals surface area contributed by atoms with Crippen molar-refractivity contribution in [2.75, 3.05) is 6.54 Å². The van der Waals surface area contributed by atoms with Crippen LogP contribution in [0.1, 0.15) is 13.8 Å². The van der Waals surface area contributed by atoms with Gasteiger partial charge >= 0.3 is 0 Å². The van der Waals surface area contributed by atoms with Gasteiger partial charge in [-0.15, -0.1) is 5.73 Å². The summed E-state index contributed by atoms with van der Waals surface area (Å²) in [6.45, 7) is 4.67. The zero-order valence-electron chi connectivity index (χ0n) is 7.02. The molecule has 0 saturated carbocycles. The molecule has 1 nitrogen and oxygen atoms in total. The summed E-state index contributed by atoms with van der Waals surface area (Å²) in [5, 5.41) is 0. The fraction of sp³-hybridized carbons (Fsp3) is 0.300. The van der Waals surface area contributed by atoms with Gasteiger partial charge in [-0.05, 0) is 31.1 Å². The van der Waals surface area contributed by atoms with E-state index < -0.39 is 0 Å². The molecule has 2 N–H and O–H groups in total. The van der Waals surface area contributed by atoms with Gasteiger partial charge in [0.05, 0.1) is 0 Å². The standard InChI is InChI=1S/C10H13N/c1-8-3-5-9(2)10(7-11)6-4-8/h3-5H,7,11H2,1-2H3. The van der Waals surface area contributed by atoms with Crippen LogP contribution in [0.5, 0.6) is 0 Å². The smallest absolute Gasteiger partial charge is 0.0255 e. The summed E-state index contributed by atoms with van der Waals surface area (Å²) in [4.78, 5) is 0. The minimum absolute atomic E-state index is 0.569. The second-order valence-electron chi connectivity index (χ2n) is 2.73. The minimum Gasteiger partial charge on any atom is -0.326 e. The van der Waals surface area contributed by atoms with Crippen LogP contribution in [0.15, 0.2) is 40.7 Å². The predicted molar refractivity (Wildman–Crippen MR) is 48.2 cm³/mol. The molecule has 0 atom stereocenters. The van der Waals surface area contributed by atoms with E-state index in [-0.39, 0.29) is 0 Å². The second kappa shape index (κ2) is 3.38. The zero-order valence-corrected chi connectivity index (χ0v) is 7.02. The molecule has 0 radical (unpaired) electrons. The zero-order chi connectivity index (χ0) is 8.27. The monoisotopic (exact) mass is 147 g/mol. The molecule has 0 amide bonds. The van der Waals surface area contributed by atoms with Crippen molar-refractivity contribution in [3.63, 3.8) is 0 Å². The molecular weight excluding hydrogens is 134 g/mol. The summed E-state index contributed by atoms with van der Waals surface area (Å²) in [5.41, 5.74) is 12.2. The SMILES string of the molecule is CC1=CC=C(C)C(CN)=C=C1. The quantitative estimate of drug-likeness (QED) is 0.563. The molecule has 0 heterocycles. The Labute approximate surface area is 67.6 Å². The maximum atomic E-state index is 5.53. The van der Waals surface area contributed by atoms with Gasteiger partial charge in [0.1, 0.15) is 0 Å². The Morgan fingerprint density at radius 2 is 2.09 bits per heavy atom. The first kappa shape index (κ1) is 8.06. The normalized spacial score (nSPS) is 16.8. The Balaban J connectivity index is 3.07. The van der Waals surface area contributed by atoms with Crippen molar-refractivity contribution < 1.29 is 0 Å². The van der Waals surface area contributed by atoms with Crippen LogP contribution in [0.2, 0.25) is 0 Å². The molecule has 1 aliphatic rings. The number of hydrogen-bond donors (Lipinski definition) is 1. The lowest BCUT2D eigenvalue weighted by Crippen LogP contribution is -2.02. The van der Waals surface area contributed by atoms with E-state index in [1.54, 1.807) is 0 Å². The molecule has 0 aliphatic heterocycles. The maximum Gasteiger partial charge on any atom is 0.0255 e. The lowest BCUT2D eigenvalue weighted by atomic mass is 10.1. The molecule has 0 bridgehead atoms. The molecule has 0 fully saturated rings. The highest BCUT2D eigenvalue weighted by Crippen LogP contribution is 2.11. The predicted octanol–water partition coefficient (Wildman–Crippen LogP) is 1.93. The first-order valence-electron chi connectivity index (χ1n) is 3.75. The highest BCUT2D eigenvalue weighted by Gasteiger charge is 1.96. The topological polar surface area (TPSA) is 26.0 Å². The van der Waals surface area contributed by atoms with Gasteiger partial charge in [0, 0.05) is 12.1 Å². The lowest BCUT2D eigenvalue weighted by Gasteiger charge is -1.97. The van der Waals surface area contributed by atoms with E-state index >= 15 is 0 Å². The Morgan fingerprint density at radius 1 is 1.36 bits per heavy atom. The Hall–Kier alpha value is -1.04. The van der Waals surface area contributed by atoms with Crippen LogP contribution in [0, 0.1) is 0 Å². The number of allylic oxidation sites excluding steroid dienone is 3. The van der Waals surface area contributed by atoms with Crippen LogP contribution in [0.4, 0.5) is 0 Å². The van der Waals surface area contributed by atoms with Crippen LogP contribution in [0.3, 0.4) is 0 Å². The van der Waals surface area contributed by atoms with Crippen molar-refractivity contribution in [3.8, 4) is 0 Å². The Morgan fingerprint density at radius 3 is 2.73 bits per heavy atom. The highest BCUT2D eigenvalue weighted by molar-refractivity contribution is 5.39. The third-order valence-corrected chi connectivity index (χ3v) is 1.75. The minimum atomic E-state index is 0.569. The van der Waals surface area contributed by atoms with Crippen molar-refractivity contribution in [3.05, 3.63) is 40.7 Å². The molecule has 1 aliphatic carbocycles. The van der Waals surface area contributed by atoms with Crippen molar-refractivity contribution in [2.45, 2.75) is 13.8 Å². The van der Waals surface area contributed by atoms with Gasteiger partial charge < -0.3 is 5.73 Å². The molecule has 0 unspecified atom stereocenters. The van der Waals surface area contributed by atoms with Crippen molar-refractivity contribution in [1.29, 1.82) is 0 Å². The Bertz CT molecular complexity index is 273. The average Bonchev–Trinajstić information content (AvgIpc) is 2.15. The molecule has 0 aromatic rings. The molecule has 0 spiro atoms. The van der Waals surface area contributed by atoms with Gasteiger partial charge in [0.2, 0.25) is 0 Å². The van der Waals surface area contributed by atoms with Gasteiger partial charge in [-0.25, -0.2) is 0 Å². The fourth-order valence-corrected chi connectivity index (χ4v) is 0.940. The van der Waals surface area contributed by atoms with E-state index in [1.807, 2.05) is 6.08 Å². The van der Waals surface area contributed by atoms with Crippen LogP contribution < -0.4 is 5.73 Å². The van der Waals surface area contributed by atoms with Gasteiger partial charge in [-0.2, -0.15) is 0 Å². The third kappa shape index (κ3) is 1.94. The van der Waals surface area contributed by atoms with E-state index in [0.717, 1.165) is 5.57 Å².